The SMILES string of the molecule is CCN(CC)C1CC1c1c[nH]c2ccc(C#N)cc12. The van der Waals surface area contributed by atoms with Gasteiger partial charge in [-0.05, 0) is 43.3 Å². The third-order valence-electron chi connectivity index (χ3n) is 4.28. The van der Waals surface area contributed by atoms with E-state index in [0.29, 0.717) is 12.0 Å². The lowest BCUT2D eigenvalue weighted by atomic mass is 10.1. The number of nitriles is 1. The molecule has 2 aromatic rings. The molecule has 0 saturated heterocycles. The molecule has 1 aromatic heterocycles. The summed E-state index contributed by atoms with van der Waals surface area (Å²) in [6.45, 7) is 6.68. The van der Waals surface area contributed by atoms with Crippen molar-refractivity contribution in [1.29, 1.82) is 5.26 Å². The molecular weight excluding hydrogens is 234 g/mol. The second-order valence-electron chi connectivity index (χ2n) is 5.25. The molecular formula is C16H19N3. The van der Waals surface area contributed by atoms with Gasteiger partial charge in [0.15, 0.2) is 0 Å². The molecule has 1 aliphatic rings. The van der Waals surface area contributed by atoms with Crippen molar-refractivity contribution < 1.29 is 0 Å². The fourth-order valence-electron chi connectivity index (χ4n) is 3.13. The molecule has 0 radical (unpaired) electrons. The lowest BCUT2D eigenvalue weighted by molar-refractivity contribution is 0.288. The van der Waals surface area contributed by atoms with E-state index in [-0.39, 0.29) is 0 Å². The quantitative estimate of drug-likeness (QED) is 0.909. The Hall–Kier alpha value is -1.79. The number of hydrogen-bond donors (Lipinski definition) is 1. The number of aromatic amines is 1. The number of H-pyrrole nitrogens is 1. The van der Waals surface area contributed by atoms with Crippen molar-refractivity contribution in [3.05, 3.63) is 35.5 Å². The maximum atomic E-state index is 9.03. The summed E-state index contributed by atoms with van der Waals surface area (Å²) in [5, 5.41) is 10.2. The Bertz CT molecular complexity index is 631. The lowest BCUT2D eigenvalue weighted by Gasteiger charge is -2.17. The van der Waals surface area contributed by atoms with E-state index in [4.69, 9.17) is 5.26 Å². The molecule has 0 amide bonds. The fraction of sp³-hybridized carbons (Fsp3) is 0.438. The van der Waals surface area contributed by atoms with Crippen LogP contribution in [0.4, 0.5) is 0 Å². The Morgan fingerprint density at radius 3 is 2.84 bits per heavy atom. The van der Waals surface area contributed by atoms with Gasteiger partial charge in [0.05, 0.1) is 11.6 Å². The number of fused-ring (bicyclic) bond motifs is 1. The molecule has 1 aromatic carbocycles. The van der Waals surface area contributed by atoms with Crippen LogP contribution in [0.5, 0.6) is 0 Å². The topological polar surface area (TPSA) is 42.8 Å². The first kappa shape index (κ1) is 12.3. The zero-order valence-corrected chi connectivity index (χ0v) is 11.5. The molecule has 3 heteroatoms. The maximum Gasteiger partial charge on any atom is 0.0991 e. The maximum absolute atomic E-state index is 9.03. The zero-order valence-electron chi connectivity index (χ0n) is 11.5. The molecule has 0 bridgehead atoms. The van der Waals surface area contributed by atoms with Gasteiger partial charge in [-0.2, -0.15) is 5.26 Å². The van der Waals surface area contributed by atoms with Crippen molar-refractivity contribution in [2.24, 2.45) is 0 Å². The molecule has 98 valence electrons. The second-order valence-corrected chi connectivity index (χ2v) is 5.25. The van der Waals surface area contributed by atoms with Crippen molar-refractivity contribution in [3.8, 4) is 6.07 Å². The van der Waals surface area contributed by atoms with Crippen LogP contribution in [-0.4, -0.2) is 29.0 Å². The molecule has 2 unspecified atom stereocenters. The molecule has 3 rings (SSSR count). The number of likely N-dealkylation sites (N-methyl/N-ethyl adjacent to an activating group) is 1. The summed E-state index contributed by atoms with van der Waals surface area (Å²) in [4.78, 5) is 5.85. The highest BCUT2D eigenvalue weighted by molar-refractivity contribution is 5.85. The molecule has 3 nitrogen and oxygen atoms in total. The largest absolute Gasteiger partial charge is 0.361 e. The highest BCUT2D eigenvalue weighted by Gasteiger charge is 2.42. The van der Waals surface area contributed by atoms with Gasteiger partial charge < -0.3 is 9.88 Å². The molecule has 1 saturated carbocycles. The minimum atomic E-state index is 0.627. The number of benzene rings is 1. The third-order valence-corrected chi connectivity index (χ3v) is 4.28. The van der Waals surface area contributed by atoms with E-state index >= 15 is 0 Å². The van der Waals surface area contributed by atoms with Crippen LogP contribution in [0.15, 0.2) is 24.4 Å². The predicted molar refractivity (Wildman–Crippen MR) is 77.1 cm³/mol. The Balaban J connectivity index is 1.93. The smallest absolute Gasteiger partial charge is 0.0991 e. The predicted octanol–water partition coefficient (Wildman–Crippen LogP) is 3.24. The van der Waals surface area contributed by atoms with Gasteiger partial charge in [-0.3, -0.25) is 0 Å². The molecule has 1 heterocycles. The normalized spacial score (nSPS) is 21.8. The van der Waals surface area contributed by atoms with Crippen molar-refractivity contribution in [2.45, 2.75) is 32.2 Å². The van der Waals surface area contributed by atoms with E-state index < -0.39 is 0 Å². The summed E-state index contributed by atoms with van der Waals surface area (Å²) in [5.74, 6) is 0.627. The zero-order chi connectivity index (χ0) is 13.4. The van der Waals surface area contributed by atoms with Gasteiger partial charge in [-0.25, -0.2) is 0 Å². The Kier molecular flexibility index (Phi) is 3.04. The Morgan fingerprint density at radius 1 is 1.37 bits per heavy atom. The Labute approximate surface area is 113 Å². The van der Waals surface area contributed by atoms with Crippen molar-refractivity contribution in [2.75, 3.05) is 13.1 Å². The minimum Gasteiger partial charge on any atom is -0.361 e. The van der Waals surface area contributed by atoms with E-state index in [1.807, 2.05) is 18.2 Å². The van der Waals surface area contributed by atoms with E-state index in [1.165, 1.54) is 17.4 Å². The van der Waals surface area contributed by atoms with Gasteiger partial charge in [0, 0.05) is 29.1 Å². The van der Waals surface area contributed by atoms with Crippen LogP contribution in [0.1, 0.15) is 37.3 Å². The van der Waals surface area contributed by atoms with Gasteiger partial charge in [0.2, 0.25) is 0 Å². The summed E-state index contributed by atoms with van der Waals surface area (Å²) < 4.78 is 0. The summed E-state index contributed by atoms with van der Waals surface area (Å²) in [7, 11) is 0. The average molecular weight is 253 g/mol. The first-order valence-corrected chi connectivity index (χ1v) is 7.03. The molecule has 19 heavy (non-hydrogen) atoms. The average Bonchev–Trinajstić information content (AvgIpc) is 3.11. The van der Waals surface area contributed by atoms with E-state index in [0.717, 1.165) is 24.2 Å². The first-order chi connectivity index (χ1) is 9.28. The molecule has 0 aliphatic heterocycles. The fourth-order valence-corrected chi connectivity index (χ4v) is 3.13. The van der Waals surface area contributed by atoms with Crippen molar-refractivity contribution >= 4 is 10.9 Å². The molecule has 1 fully saturated rings. The summed E-state index contributed by atoms with van der Waals surface area (Å²) >= 11 is 0. The molecule has 2 atom stereocenters. The summed E-state index contributed by atoms with van der Waals surface area (Å²) in [6, 6.07) is 8.80. The van der Waals surface area contributed by atoms with Crippen LogP contribution < -0.4 is 0 Å². The standard InChI is InChI=1S/C16H19N3/c1-3-19(4-2)16-8-13(16)14-10-18-15-6-5-11(9-17)7-12(14)15/h5-7,10,13,16,18H,3-4,8H2,1-2H3. The third kappa shape index (κ3) is 2.02. The van der Waals surface area contributed by atoms with Crippen molar-refractivity contribution in [3.63, 3.8) is 0 Å². The molecule has 1 N–H and O–H groups in total. The number of rotatable bonds is 4. The monoisotopic (exact) mass is 253 g/mol. The van der Waals surface area contributed by atoms with Crippen LogP contribution in [-0.2, 0) is 0 Å². The van der Waals surface area contributed by atoms with E-state index in [1.54, 1.807) is 0 Å². The highest BCUT2D eigenvalue weighted by atomic mass is 15.2. The van der Waals surface area contributed by atoms with Gasteiger partial charge in [-0.15, -0.1) is 0 Å². The number of aromatic nitrogens is 1. The van der Waals surface area contributed by atoms with E-state index in [9.17, 15) is 0 Å². The van der Waals surface area contributed by atoms with Gasteiger partial charge >= 0.3 is 0 Å². The van der Waals surface area contributed by atoms with Crippen LogP contribution in [0, 0.1) is 11.3 Å². The second kappa shape index (κ2) is 4.71. The lowest BCUT2D eigenvalue weighted by Crippen LogP contribution is -2.26. The molecule has 1 aliphatic carbocycles. The first-order valence-electron chi connectivity index (χ1n) is 7.03. The summed E-state index contributed by atoms with van der Waals surface area (Å²) in [5.41, 5.74) is 3.26. The number of hydrogen-bond acceptors (Lipinski definition) is 2. The number of nitrogens with zero attached hydrogens (tertiary/aromatic N) is 2. The van der Waals surface area contributed by atoms with Crippen LogP contribution in [0.25, 0.3) is 10.9 Å². The molecule has 0 spiro atoms. The van der Waals surface area contributed by atoms with Crippen LogP contribution in [0.2, 0.25) is 0 Å². The number of nitrogens with one attached hydrogen (secondary N) is 1. The van der Waals surface area contributed by atoms with E-state index in [2.05, 4.69) is 36.0 Å². The minimum absolute atomic E-state index is 0.627. The van der Waals surface area contributed by atoms with Gasteiger partial charge in [0.1, 0.15) is 0 Å². The Morgan fingerprint density at radius 2 is 2.16 bits per heavy atom. The summed E-state index contributed by atoms with van der Waals surface area (Å²) in [6.07, 6.45) is 3.37. The van der Waals surface area contributed by atoms with Crippen LogP contribution in [0.3, 0.4) is 0 Å². The van der Waals surface area contributed by atoms with Crippen LogP contribution >= 0.6 is 0 Å². The van der Waals surface area contributed by atoms with Gasteiger partial charge in [-0.1, -0.05) is 13.8 Å². The van der Waals surface area contributed by atoms with Crippen molar-refractivity contribution in [1.82, 2.24) is 9.88 Å². The van der Waals surface area contributed by atoms with Gasteiger partial charge in [0.25, 0.3) is 0 Å². The highest BCUT2D eigenvalue weighted by Crippen LogP contribution is 2.46.